The number of amides is 2. The average molecular weight is 551 g/mol. The van der Waals surface area contributed by atoms with Crippen LogP contribution in [0.1, 0.15) is 46.2 Å². The Morgan fingerprint density at radius 2 is 1.68 bits per heavy atom. The molecule has 0 unspecified atom stereocenters. The molecule has 0 spiro atoms. The number of alkyl halides is 3. The molecule has 0 fully saturated rings. The largest absolute Gasteiger partial charge is 0.494 e. The second-order valence-electron chi connectivity index (χ2n) is 9.98. The summed E-state index contributed by atoms with van der Waals surface area (Å²) in [7, 11) is 3.70. The predicted octanol–water partition coefficient (Wildman–Crippen LogP) is 6.05. The first-order valence-electron chi connectivity index (χ1n) is 13.1. The minimum atomic E-state index is -4.68. The van der Waals surface area contributed by atoms with E-state index < -0.39 is 23.7 Å². The van der Waals surface area contributed by atoms with Gasteiger partial charge in [0.2, 0.25) is 0 Å². The maximum atomic E-state index is 13.9. The lowest BCUT2D eigenvalue weighted by atomic mass is 9.93. The zero-order valence-electron chi connectivity index (χ0n) is 22.5. The Kier molecular flexibility index (Phi) is 7.37. The van der Waals surface area contributed by atoms with Crippen molar-refractivity contribution < 1.29 is 27.5 Å². The fraction of sp³-hybridized carbons (Fsp3) is 0.300. The van der Waals surface area contributed by atoms with Gasteiger partial charge in [-0.2, -0.15) is 18.3 Å². The van der Waals surface area contributed by atoms with Crippen LogP contribution in [0.5, 0.6) is 5.75 Å². The highest BCUT2D eigenvalue weighted by atomic mass is 19.4. The topological polar surface area (TPSA) is 67.7 Å². The van der Waals surface area contributed by atoms with Crippen molar-refractivity contribution in [3.8, 4) is 22.7 Å². The van der Waals surface area contributed by atoms with E-state index >= 15 is 0 Å². The third kappa shape index (κ3) is 5.06. The lowest BCUT2D eigenvalue weighted by Gasteiger charge is -2.28. The molecular formula is C30H29F3N4O3. The monoisotopic (exact) mass is 550 g/mol. The summed E-state index contributed by atoms with van der Waals surface area (Å²) in [4.78, 5) is 29.8. The summed E-state index contributed by atoms with van der Waals surface area (Å²) < 4.78 is 48.7. The summed E-state index contributed by atoms with van der Waals surface area (Å²) in [5.74, 6) is -0.329. The van der Waals surface area contributed by atoms with Crippen LogP contribution in [0.4, 0.5) is 13.2 Å². The number of hydrogen-bond acceptors (Lipinski definition) is 5. The molecule has 208 valence electrons. The molecular weight excluding hydrogens is 521 g/mol. The van der Waals surface area contributed by atoms with Crippen LogP contribution in [0.25, 0.3) is 27.7 Å². The predicted molar refractivity (Wildman–Crippen MR) is 146 cm³/mol. The molecule has 0 atom stereocenters. The highest BCUT2D eigenvalue weighted by molar-refractivity contribution is 6.26. The van der Waals surface area contributed by atoms with Crippen molar-refractivity contribution in [3.05, 3.63) is 77.5 Å². The van der Waals surface area contributed by atoms with E-state index in [9.17, 15) is 22.8 Å². The Labute approximate surface area is 229 Å². The van der Waals surface area contributed by atoms with Gasteiger partial charge < -0.3 is 9.64 Å². The Morgan fingerprint density at radius 3 is 2.38 bits per heavy atom. The van der Waals surface area contributed by atoms with E-state index in [4.69, 9.17) is 4.74 Å². The zero-order chi connectivity index (χ0) is 28.6. The molecule has 7 nitrogen and oxygen atoms in total. The van der Waals surface area contributed by atoms with E-state index in [0.29, 0.717) is 52.1 Å². The van der Waals surface area contributed by atoms with Gasteiger partial charge in [-0.3, -0.25) is 14.5 Å². The number of halogens is 3. The van der Waals surface area contributed by atoms with Crippen LogP contribution in [0, 0.1) is 0 Å². The van der Waals surface area contributed by atoms with Crippen molar-refractivity contribution in [3.63, 3.8) is 0 Å². The summed E-state index contributed by atoms with van der Waals surface area (Å²) in [5.41, 5.74) is 0.607. The second kappa shape index (κ2) is 10.8. The van der Waals surface area contributed by atoms with Crippen LogP contribution in [0.3, 0.4) is 0 Å². The molecule has 4 aromatic rings. The number of benzene rings is 3. The number of carbonyl (C=O) groups is 2. The molecule has 1 aliphatic rings. The zero-order valence-corrected chi connectivity index (χ0v) is 22.5. The van der Waals surface area contributed by atoms with Crippen LogP contribution in [0.2, 0.25) is 0 Å². The molecule has 0 N–H and O–H groups in total. The minimum absolute atomic E-state index is 0.204. The molecule has 10 heteroatoms. The van der Waals surface area contributed by atoms with Crippen molar-refractivity contribution in [2.75, 3.05) is 33.8 Å². The van der Waals surface area contributed by atoms with Gasteiger partial charge in [0.25, 0.3) is 11.8 Å². The van der Waals surface area contributed by atoms with Crippen molar-refractivity contribution >= 4 is 22.6 Å². The molecule has 3 aromatic carbocycles. The summed E-state index contributed by atoms with van der Waals surface area (Å²) in [5, 5.41) is 4.81. The van der Waals surface area contributed by atoms with Crippen LogP contribution < -0.4 is 4.74 Å². The SMILES string of the molecule is CCCCOc1cccc(-c2cc(C(F)(F)F)nn2-c2ccc3c4c(cccc24)C(=O)N(CCN(C)C)C3=O)c1. The van der Waals surface area contributed by atoms with E-state index in [2.05, 4.69) is 5.10 Å². The third-order valence-electron chi connectivity index (χ3n) is 6.86. The van der Waals surface area contributed by atoms with Crippen LogP contribution in [-0.2, 0) is 6.18 Å². The number of unbranched alkanes of at least 4 members (excludes halogenated alkanes) is 1. The highest BCUT2D eigenvalue weighted by Gasteiger charge is 2.37. The van der Waals surface area contributed by atoms with Crippen molar-refractivity contribution in [1.29, 1.82) is 0 Å². The number of likely N-dealkylation sites (N-methyl/N-ethyl adjacent to an activating group) is 1. The molecule has 0 bridgehead atoms. The van der Waals surface area contributed by atoms with Crippen molar-refractivity contribution in [1.82, 2.24) is 19.6 Å². The van der Waals surface area contributed by atoms with Gasteiger partial charge in [0.05, 0.1) is 18.0 Å². The van der Waals surface area contributed by atoms with Crippen molar-refractivity contribution in [2.24, 2.45) is 0 Å². The smallest absolute Gasteiger partial charge is 0.435 e. The van der Waals surface area contributed by atoms with Gasteiger partial charge in [0.1, 0.15) is 5.75 Å². The van der Waals surface area contributed by atoms with Gasteiger partial charge in [-0.15, -0.1) is 0 Å². The molecule has 0 saturated carbocycles. The van der Waals surface area contributed by atoms with Gasteiger partial charge in [0.15, 0.2) is 5.69 Å². The van der Waals surface area contributed by atoms with E-state index in [1.165, 1.54) is 9.58 Å². The maximum absolute atomic E-state index is 13.9. The number of nitrogens with zero attached hydrogens (tertiary/aromatic N) is 4. The fourth-order valence-electron chi connectivity index (χ4n) is 4.81. The molecule has 0 saturated heterocycles. The number of aromatic nitrogens is 2. The van der Waals surface area contributed by atoms with E-state index in [-0.39, 0.29) is 12.2 Å². The Balaban J connectivity index is 1.66. The number of imide groups is 1. The quantitative estimate of drug-likeness (QED) is 0.188. The first-order chi connectivity index (χ1) is 19.1. The summed E-state index contributed by atoms with van der Waals surface area (Å²) in [6, 6.07) is 16.0. The second-order valence-corrected chi connectivity index (χ2v) is 9.98. The van der Waals surface area contributed by atoms with Crippen LogP contribution >= 0.6 is 0 Å². The van der Waals surface area contributed by atoms with Gasteiger partial charge in [-0.25, -0.2) is 4.68 Å². The number of hydrogen-bond donors (Lipinski definition) is 0. The molecule has 1 aromatic heterocycles. The van der Waals surface area contributed by atoms with Gasteiger partial charge >= 0.3 is 6.18 Å². The molecule has 1 aliphatic heterocycles. The van der Waals surface area contributed by atoms with Crippen LogP contribution in [-0.4, -0.2) is 65.2 Å². The van der Waals surface area contributed by atoms with Gasteiger partial charge in [0, 0.05) is 40.6 Å². The number of carbonyl (C=O) groups excluding carboxylic acids is 2. The molecule has 0 aliphatic carbocycles. The molecule has 2 heterocycles. The van der Waals surface area contributed by atoms with E-state index in [0.717, 1.165) is 18.9 Å². The Bertz CT molecular complexity index is 1570. The Morgan fingerprint density at radius 1 is 0.950 bits per heavy atom. The average Bonchev–Trinajstić information content (AvgIpc) is 3.38. The fourth-order valence-corrected chi connectivity index (χ4v) is 4.81. The summed E-state index contributed by atoms with van der Waals surface area (Å²) in [6.45, 7) is 3.26. The molecule has 40 heavy (non-hydrogen) atoms. The molecule has 5 rings (SSSR count). The number of rotatable bonds is 9. The summed E-state index contributed by atoms with van der Waals surface area (Å²) in [6.07, 6.45) is -2.88. The normalized spacial score (nSPS) is 13.5. The summed E-state index contributed by atoms with van der Waals surface area (Å²) >= 11 is 0. The lowest BCUT2D eigenvalue weighted by molar-refractivity contribution is -0.141. The van der Waals surface area contributed by atoms with Gasteiger partial charge in [-0.1, -0.05) is 37.6 Å². The van der Waals surface area contributed by atoms with E-state index in [1.54, 1.807) is 54.6 Å². The molecule has 0 radical (unpaired) electrons. The number of ether oxygens (including phenoxy) is 1. The first-order valence-corrected chi connectivity index (χ1v) is 13.1. The first kappa shape index (κ1) is 27.4. The lowest BCUT2D eigenvalue weighted by Crippen LogP contribution is -2.43. The minimum Gasteiger partial charge on any atom is -0.494 e. The molecule has 2 amide bonds. The van der Waals surface area contributed by atoms with E-state index in [1.807, 2.05) is 25.9 Å². The third-order valence-corrected chi connectivity index (χ3v) is 6.86. The van der Waals surface area contributed by atoms with Crippen LogP contribution in [0.15, 0.2) is 60.7 Å². The highest BCUT2D eigenvalue weighted by Crippen LogP contribution is 2.38. The van der Waals surface area contributed by atoms with Crippen molar-refractivity contribution in [2.45, 2.75) is 25.9 Å². The van der Waals surface area contributed by atoms with Gasteiger partial charge in [-0.05, 0) is 56.9 Å². The maximum Gasteiger partial charge on any atom is 0.435 e. The Hall–Kier alpha value is -4.18. The standard InChI is InChI=1S/C30H29F3N4O3/c1-4-5-16-40-20-9-6-8-19(17-20)25-18-26(30(31,32)33)34-37(25)24-13-12-23-27-21(24)10-7-11-22(27)28(38)36(29(23)39)15-14-35(2)3/h6-13,17-18H,4-5,14-16H2,1-3H3.